The summed E-state index contributed by atoms with van der Waals surface area (Å²) in [7, 11) is 5.75. The van der Waals surface area contributed by atoms with Gasteiger partial charge in [-0.3, -0.25) is 9.59 Å². The molecule has 1 atom stereocenters. The number of aromatic nitrogens is 2. The molecule has 7 heteroatoms. The Hall–Kier alpha value is -2.18. The lowest BCUT2D eigenvalue weighted by atomic mass is 10.0. The molecular formula is C21H33N5O2. The minimum atomic E-state index is -0.0735. The fourth-order valence-electron chi connectivity index (χ4n) is 4.32. The fourth-order valence-corrected chi connectivity index (χ4v) is 4.32. The molecule has 2 aliphatic rings. The first kappa shape index (κ1) is 20.6. The van der Waals surface area contributed by atoms with Crippen LogP contribution in [-0.4, -0.2) is 59.3 Å². The lowest BCUT2D eigenvalue weighted by Gasteiger charge is -2.25. The van der Waals surface area contributed by atoms with Crippen molar-refractivity contribution in [2.75, 3.05) is 32.6 Å². The monoisotopic (exact) mass is 387 g/mol. The summed E-state index contributed by atoms with van der Waals surface area (Å²) in [5, 5.41) is 0. The molecule has 0 bridgehead atoms. The molecule has 0 aromatic carbocycles. The van der Waals surface area contributed by atoms with Crippen molar-refractivity contribution < 1.29 is 9.59 Å². The van der Waals surface area contributed by atoms with Gasteiger partial charge in [-0.05, 0) is 31.6 Å². The van der Waals surface area contributed by atoms with Crippen molar-refractivity contribution in [3.63, 3.8) is 0 Å². The summed E-state index contributed by atoms with van der Waals surface area (Å²) in [5.41, 5.74) is 0.825. The molecule has 7 nitrogen and oxygen atoms in total. The topological polar surface area (TPSA) is 69.6 Å². The normalized spacial score (nSPS) is 19.9. The average molecular weight is 388 g/mol. The maximum atomic E-state index is 12.6. The van der Waals surface area contributed by atoms with Gasteiger partial charge >= 0.3 is 0 Å². The van der Waals surface area contributed by atoms with E-state index >= 15 is 0 Å². The Bertz CT molecular complexity index is 715. The molecule has 1 saturated carbocycles. The second-order valence-electron chi connectivity index (χ2n) is 8.44. The Kier molecular flexibility index (Phi) is 6.52. The molecular weight excluding hydrogens is 354 g/mol. The third kappa shape index (κ3) is 4.80. The number of carbonyl (C=O) groups excluding carboxylic acids is 2. The van der Waals surface area contributed by atoms with Crippen LogP contribution in [0.3, 0.4) is 0 Å². The summed E-state index contributed by atoms with van der Waals surface area (Å²) < 4.78 is 0. The first-order chi connectivity index (χ1) is 13.3. The molecule has 2 amide bonds. The predicted octanol–water partition coefficient (Wildman–Crippen LogP) is 2.76. The number of hydrogen-bond donors (Lipinski definition) is 0. The molecule has 3 rings (SSSR count). The number of amides is 2. The van der Waals surface area contributed by atoms with Crippen LogP contribution >= 0.6 is 0 Å². The van der Waals surface area contributed by atoms with Crippen molar-refractivity contribution in [3.8, 4) is 0 Å². The lowest BCUT2D eigenvalue weighted by molar-refractivity contribution is -0.131. The van der Waals surface area contributed by atoms with Gasteiger partial charge in [0, 0.05) is 47.1 Å². The largest absolute Gasteiger partial charge is 0.363 e. The maximum Gasteiger partial charge on any atom is 0.222 e. The van der Waals surface area contributed by atoms with E-state index in [1.165, 1.54) is 25.7 Å². The third-order valence-electron chi connectivity index (χ3n) is 5.96. The van der Waals surface area contributed by atoms with E-state index in [-0.39, 0.29) is 17.9 Å². The van der Waals surface area contributed by atoms with Gasteiger partial charge in [0.25, 0.3) is 0 Å². The number of likely N-dealkylation sites (tertiary alicyclic amines) is 1. The molecule has 0 unspecified atom stereocenters. The van der Waals surface area contributed by atoms with E-state index in [2.05, 4.69) is 0 Å². The number of hydrogen-bond acceptors (Lipinski definition) is 5. The van der Waals surface area contributed by atoms with Gasteiger partial charge in [0.15, 0.2) is 5.82 Å². The molecule has 28 heavy (non-hydrogen) atoms. The van der Waals surface area contributed by atoms with Crippen molar-refractivity contribution in [1.29, 1.82) is 0 Å². The van der Waals surface area contributed by atoms with Crippen LogP contribution in [0.25, 0.3) is 0 Å². The van der Waals surface area contributed by atoms with E-state index in [0.29, 0.717) is 24.7 Å². The van der Waals surface area contributed by atoms with Gasteiger partial charge < -0.3 is 14.7 Å². The summed E-state index contributed by atoms with van der Waals surface area (Å²) in [6.45, 7) is 2.82. The fraction of sp³-hybridized carbons (Fsp3) is 0.714. The van der Waals surface area contributed by atoms with E-state index in [9.17, 15) is 9.59 Å². The zero-order valence-corrected chi connectivity index (χ0v) is 17.6. The summed E-state index contributed by atoms with van der Waals surface area (Å²) in [6.07, 6.45) is 7.32. The van der Waals surface area contributed by atoms with Crippen molar-refractivity contribution >= 4 is 17.6 Å². The highest BCUT2D eigenvalue weighted by molar-refractivity contribution is 5.76. The smallest absolute Gasteiger partial charge is 0.222 e. The van der Waals surface area contributed by atoms with E-state index in [1.807, 2.05) is 37.0 Å². The van der Waals surface area contributed by atoms with Crippen LogP contribution in [0.15, 0.2) is 6.07 Å². The minimum absolute atomic E-state index is 0.0618. The molecule has 0 radical (unpaired) electrons. The van der Waals surface area contributed by atoms with Crippen LogP contribution in [0.1, 0.15) is 69.4 Å². The molecule has 1 aliphatic carbocycles. The SMILES string of the molecule is CC(=O)N1CCC[C@H]1c1nc(CN(C)C(=O)CC2CCCC2)cc(N(C)C)n1. The Labute approximate surface area is 168 Å². The summed E-state index contributed by atoms with van der Waals surface area (Å²) in [5.74, 6) is 2.28. The Morgan fingerprint density at radius 1 is 1.11 bits per heavy atom. The second-order valence-corrected chi connectivity index (χ2v) is 8.44. The van der Waals surface area contributed by atoms with Gasteiger partial charge in [-0.25, -0.2) is 9.97 Å². The third-order valence-corrected chi connectivity index (χ3v) is 5.96. The molecule has 2 fully saturated rings. The van der Waals surface area contributed by atoms with E-state index < -0.39 is 0 Å². The number of anilines is 1. The van der Waals surface area contributed by atoms with Gasteiger partial charge in [-0.2, -0.15) is 0 Å². The second kappa shape index (κ2) is 8.88. The quantitative estimate of drug-likeness (QED) is 0.751. The van der Waals surface area contributed by atoms with Crippen molar-refractivity contribution in [3.05, 3.63) is 17.6 Å². The van der Waals surface area contributed by atoms with Gasteiger partial charge in [-0.15, -0.1) is 0 Å². The molecule has 154 valence electrons. The van der Waals surface area contributed by atoms with Crippen LogP contribution in [-0.2, 0) is 16.1 Å². The lowest BCUT2D eigenvalue weighted by Crippen LogP contribution is -2.31. The average Bonchev–Trinajstić information content (AvgIpc) is 3.33. The van der Waals surface area contributed by atoms with E-state index in [4.69, 9.17) is 9.97 Å². The zero-order valence-electron chi connectivity index (χ0n) is 17.6. The molecule has 1 saturated heterocycles. The highest BCUT2D eigenvalue weighted by atomic mass is 16.2. The Morgan fingerprint density at radius 2 is 1.82 bits per heavy atom. The summed E-state index contributed by atoms with van der Waals surface area (Å²) in [6, 6.07) is 1.87. The van der Waals surface area contributed by atoms with E-state index in [0.717, 1.165) is 30.9 Å². The zero-order chi connectivity index (χ0) is 20.3. The first-order valence-electron chi connectivity index (χ1n) is 10.4. The van der Waals surface area contributed by atoms with Gasteiger partial charge in [-0.1, -0.05) is 12.8 Å². The molecule has 1 aromatic rings. The van der Waals surface area contributed by atoms with Crippen molar-refractivity contribution in [2.24, 2.45) is 5.92 Å². The molecule has 1 aliphatic heterocycles. The highest BCUT2D eigenvalue weighted by Gasteiger charge is 2.31. The number of carbonyl (C=O) groups is 2. The van der Waals surface area contributed by atoms with Crippen molar-refractivity contribution in [1.82, 2.24) is 19.8 Å². The molecule has 0 N–H and O–H groups in total. The Morgan fingerprint density at radius 3 is 2.46 bits per heavy atom. The Balaban J connectivity index is 1.77. The van der Waals surface area contributed by atoms with Crippen LogP contribution in [0.4, 0.5) is 5.82 Å². The highest BCUT2D eigenvalue weighted by Crippen LogP contribution is 2.31. The summed E-state index contributed by atoms with van der Waals surface area (Å²) in [4.78, 5) is 39.6. The first-order valence-corrected chi connectivity index (χ1v) is 10.4. The summed E-state index contributed by atoms with van der Waals surface area (Å²) >= 11 is 0. The standard InChI is InChI=1S/C21H33N5O2/c1-15(27)26-11-7-10-18(26)21-22-17(13-19(23-21)24(2)3)14-25(4)20(28)12-16-8-5-6-9-16/h13,16,18H,5-12,14H2,1-4H3/t18-/m0/s1. The van der Waals surface area contributed by atoms with Crippen LogP contribution in [0.2, 0.25) is 0 Å². The molecule has 1 aromatic heterocycles. The van der Waals surface area contributed by atoms with Gasteiger partial charge in [0.05, 0.1) is 18.3 Å². The van der Waals surface area contributed by atoms with Crippen LogP contribution in [0, 0.1) is 5.92 Å². The predicted molar refractivity (Wildman–Crippen MR) is 109 cm³/mol. The van der Waals surface area contributed by atoms with Gasteiger partial charge in [0.2, 0.25) is 11.8 Å². The van der Waals surface area contributed by atoms with Crippen molar-refractivity contribution in [2.45, 2.75) is 64.5 Å². The van der Waals surface area contributed by atoms with E-state index in [1.54, 1.807) is 11.8 Å². The molecule has 2 heterocycles. The number of nitrogens with zero attached hydrogens (tertiary/aromatic N) is 5. The number of rotatable bonds is 6. The van der Waals surface area contributed by atoms with Crippen LogP contribution in [0.5, 0.6) is 0 Å². The maximum absolute atomic E-state index is 12.6. The van der Waals surface area contributed by atoms with Gasteiger partial charge in [0.1, 0.15) is 5.82 Å². The minimum Gasteiger partial charge on any atom is -0.363 e. The molecule has 0 spiro atoms. The van der Waals surface area contributed by atoms with Crippen LogP contribution < -0.4 is 4.90 Å².